The van der Waals surface area contributed by atoms with Crippen LogP contribution in [0.15, 0.2) is 42.5 Å². The molecule has 8 heteroatoms. The second kappa shape index (κ2) is 8.16. The lowest BCUT2D eigenvalue weighted by Gasteiger charge is -2.07. The van der Waals surface area contributed by atoms with E-state index in [1.807, 2.05) is 0 Å². The lowest BCUT2D eigenvalue weighted by Crippen LogP contribution is -2.08. The molecule has 0 aliphatic heterocycles. The first-order valence-electron chi connectivity index (χ1n) is 7.09. The van der Waals surface area contributed by atoms with E-state index in [4.69, 9.17) is 21.1 Å². The number of nitro benzene ring substituents is 1. The number of halogens is 1. The third-order valence-electron chi connectivity index (χ3n) is 3.26. The van der Waals surface area contributed by atoms with Crippen LogP contribution in [-0.4, -0.2) is 25.1 Å². The van der Waals surface area contributed by atoms with Gasteiger partial charge in [-0.25, -0.2) is 0 Å². The molecule has 7 nitrogen and oxygen atoms in total. The molecule has 0 aromatic heterocycles. The highest BCUT2D eigenvalue weighted by atomic mass is 35.5. The zero-order chi connectivity index (χ0) is 18.4. The van der Waals surface area contributed by atoms with E-state index < -0.39 is 10.8 Å². The molecule has 1 amide bonds. The molecule has 0 atom stereocenters. The van der Waals surface area contributed by atoms with Crippen LogP contribution < -0.4 is 14.8 Å². The van der Waals surface area contributed by atoms with E-state index in [0.29, 0.717) is 11.5 Å². The summed E-state index contributed by atoms with van der Waals surface area (Å²) in [6.45, 7) is 0. The molecule has 0 saturated carbocycles. The number of non-ortho nitro benzene ring substituents is 1. The Kier molecular flexibility index (Phi) is 5.97. The number of nitrogens with one attached hydrogen (secondary N) is 1. The standard InChI is InChI=1S/C17H15ClN2O5/c1-24-15-7-3-11(9-16(15)25-2)4-8-17(21)19-14-6-5-12(20(22)23)10-13(14)18/h3-10H,1-2H3,(H,19,21). The molecule has 0 aliphatic carbocycles. The van der Waals surface area contributed by atoms with Crippen LogP contribution in [0.3, 0.4) is 0 Å². The average Bonchev–Trinajstić information content (AvgIpc) is 2.61. The van der Waals surface area contributed by atoms with Crippen LogP contribution in [0.5, 0.6) is 11.5 Å². The Morgan fingerprint density at radius 3 is 2.48 bits per heavy atom. The fraction of sp³-hybridized carbons (Fsp3) is 0.118. The molecule has 130 valence electrons. The van der Waals surface area contributed by atoms with Crippen molar-refractivity contribution in [3.05, 3.63) is 63.2 Å². The van der Waals surface area contributed by atoms with Gasteiger partial charge in [0.2, 0.25) is 5.91 Å². The van der Waals surface area contributed by atoms with Gasteiger partial charge in [-0.15, -0.1) is 0 Å². The Hall–Kier alpha value is -3.06. The zero-order valence-corrected chi connectivity index (χ0v) is 14.2. The topological polar surface area (TPSA) is 90.7 Å². The van der Waals surface area contributed by atoms with E-state index in [1.165, 1.54) is 38.5 Å². The molecule has 2 aromatic carbocycles. The number of benzene rings is 2. The SMILES string of the molecule is COc1ccc(C=CC(=O)Nc2ccc([N+](=O)[O-])cc2Cl)cc1OC. The minimum Gasteiger partial charge on any atom is -0.493 e. The third kappa shape index (κ3) is 4.71. The number of hydrogen-bond acceptors (Lipinski definition) is 5. The molecule has 0 bridgehead atoms. The van der Waals surface area contributed by atoms with E-state index in [-0.39, 0.29) is 16.4 Å². The average molecular weight is 363 g/mol. The summed E-state index contributed by atoms with van der Waals surface area (Å²) in [5.41, 5.74) is 0.876. The molecule has 2 aromatic rings. The van der Waals surface area contributed by atoms with Crippen molar-refractivity contribution < 1.29 is 19.2 Å². The monoisotopic (exact) mass is 362 g/mol. The van der Waals surface area contributed by atoms with Crippen molar-refractivity contribution in [2.45, 2.75) is 0 Å². The Morgan fingerprint density at radius 1 is 1.16 bits per heavy atom. The van der Waals surface area contributed by atoms with E-state index in [2.05, 4.69) is 5.32 Å². The predicted octanol–water partition coefficient (Wildman–Crippen LogP) is 3.92. The van der Waals surface area contributed by atoms with Gasteiger partial charge in [0.1, 0.15) is 0 Å². The molecular weight excluding hydrogens is 348 g/mol. The number of ether oxygens (including phenoxy) is 2. The summed E-state index contributed by atoms with van der Waals surface area (Å²) in [5.74, 6) is 0.704. The summed E-state index contributed by atoms with van der Waals surface area (Å²) in [5, 5.41) is 13.3. The summed E-state index contributed by atoms with van der Waals surface area (Å²) >= 11 is 5.93. The lowest BCUT2D eigenvalue weighted by molar-refractivity contribution is -0.384. The van der Waals surface area contributed by atoms with E-state index in [9.17, 15) is 14.9 Å². The predicted molar refractivity (Wildman–Crippen MR) is 95.3 cm³/mol. The van der Waals surface area contributed by atoms with Gasteiger partial charge in [-0.1, -0.05) is 17.7 Å². The lowest BCUT2D eigenvalue weighted by atomic mass is 10.2. The molecular formula is C17H15ClN2O5. The van der Waals surface area contributed by atoms with Gasteiger partial charge in [0.05, 0.1) is 29.9 Å². The van der Waals surface area contributed by atoms with Crippen LogP contribution in [-0.2, 0) is 4.79 Å². The van der Waals surface area contributed by atoms with E-state index >= 15 is 0 Å². The number of rotatable bonds is 6. The number of anilines is 1. The summed E-state index contributed by atoms with van der Waals surface area (Å²) in [4.78, 5) is 22.1. The minimum atomic E-state index is -0.561. The fourth-order valence-electron chi connectivity index (χ4n) is 2.02. The molecule has 0 aliphatic rings. The van der Waals surface area contributed by atoms with Gasteiger partial charge in [-0.05, 0) is 29.8 Å². The highest BCUT2D eigenvalue weighted by Crippen LogP contribution is 2.28. The Bertz CT molecular complexity index is 836. The van der Waals surface area contributed by atoms with Gasteiger partial charge in [-0.3, -0.25) is 14.9 Å². The number of carbonyl (C=O) groups excluding carboxylic acids is 1. The van der Waals surface area contributed by atoms with Crippen LogP contribution in [0.2, 0.25) is 5.02 Å². The molecule has 0 unspecified atom stereocenters. The van der Waals surface area contributed by atoms with Crippen LogP contribution in [0.4, 0.5) is 11.4 Å². The van der Waals surface area contributed by atoms with Crippen LogP contribution in [0, 0.1) is 10.1 Å². The zero-order valence-electron chi connectivity index (χ0n) is 13.5. The summed E-state index contributed by atoms with van der Waals surface area (Å²) in [6, 6.07) is 9.03. The van der Waals surface area contributed by atoms with Crippen molar-refractivity contribution >= 4 is 35.0 Å². The highest BCUT2D eigenvalue weighted by molar-refractivity contribution is 6.34. The van der Waals surface area contributed by atoms with Gasteiger partial charge in [0.25, 0.3) is 5.69 Å². The quantitative estimate of drug-likeness (QED) is 0.478. The van der Waals surface area contributed by atoms with Crippen molar-refractivity contribution in [3.8, 4) is 11.5 Å². The normalized spacial score (nSPS) is 10.5. The fourth-order valence-corrected chi connectivity index (χ4v) is 2.24. The van der Waals surface area contributed by atoms with Crippen molar-refractivity contribution in [2.24, 2.45) is 0 Å². The number of nitrogens with zero attached hydrogens (tertiary/aromatic N) is 1. The Morgan fingerprint density at radius 2 is 1.88 bits per heavy atom. The van der Waals surface area contributed by atoms with Crippen molar-refractivity contribution in [3.63, 3.8) is 0 Å². The molecule has 25 heavy (non-hydrogen) atoms. The largest absolute Gasteiger partial charge is 0.493 e. The number of carbonyl (C=O) groups is 1. The third-order valence-corrected chi connectivity index (χ3v) is 3.57. The number of amides is 1. The van der Waals surface area contributed by atoms with E-state index in [0.717, 1.165) is 5.56 Å². The summed E-state index contributed by atoms with van der Waals surface area (Å²) in [6.07, 6.45) is 2.91. The maximum absolute atomic E-state index is 12.0. The Balaban J connectivity index is 2.10. The second-order valence-electron chi connectivity index (χ2n) is 4.86. The molecule has 2 rings (SSSR count). The van der Waals surface area contributed by atoms with Crippen molar-refractivity contribution in [1.29, 1.82) is 0 Å². The van der Waals surface area contributed by atoms with Gasteiger partial charge >= 0.3 is 0 Å². The smallest absolute Gasteiger partial charge is 0.271 e. The summed E-state index contributed by atoms with van der Waals surface area (Å²) < 4.78 is 10.3. The number of hydrogen-bond donors (Lipinski definition) is 1. The molecule has 1 N–H and O–H groups in total. The maximum Gasteiger partial charge on any atom is 0.271 e. The van der Waals surface area contributed by atoms with Crippen molar-refractivity contribution in [2.75, 3.05) is 19.5 Å². The number of nitro groups is 1. The van der Waals surface area contributed by atoms with Gasteiger partial charge in [0, 0.05) is 18.2 Å². The van der Waals surface area contributed by atoms with Crippen LogP contribution >= 0.6 is 11.6 Å². The van der Waals surface area contributed by atoms with Gasteiger partial charge in [-0.2, -0.15) is 0 Å². The minimum absolute atomic E-state index is 0.0852. The first-order valence-corrected chi connectivity index (χ1v) is 7.47. The molecule has 0 radical (unpaired) electrons. The molecule has 0 spiro atoms. The van der Waals surface area contributed by atoms with Crippen molar-refractivity contribution in [1.82, 2.24) is 0 Å². The summed E-state index contributed by atoms with van der Waals surface area (Å²) in [7, 11) is 3.06. The first-order chi connectivity index (χ1) is 11.9. The molecule has 0 saturated heterocycles. The maximum atomic E-state index is 12.0. The molecule has 0 heterocycles. The van der Waals surface area contributed by atoms with Crippen LogP contribution in [0.25, 0.3) is 6.08 Å². The Labute approximate surface area is 149 Å². The van der Waals surface area contributed by atoms with E-state index in [1.54, 1.807) is 24.3 Å². The van der Waals surface area contributed by atoms with Crippen LogP contribution in [0.1, 0.15) is 5.56 Å². The van der Waals surface area contributed by atoms with Gasteiger partial charge in [0.15, 0.2) is 11.5 Å². The second-order valence-corrected chi connectivity index (χ2v) is 5.27. The molecule has 0 fully saturated rings. The van der Waals surface area contributed by atoms with Gasteiger partial charge < -0.3 is 14.8 Å². The first kappa shape index (κ1) is 18.3. The number of methoxy groups -OCH3 is 2. The highest BCUT2D eigenvalue weighted by Gasteiger charge is 2.10.